The highest BCUT2D eigenvalue weighted by Crippen LogP contribution is 2.50. The lowest BCUT2D eigenvalue weighted by molar-refractivity contribution is 0.103. The Bertz CT molecular complexity index is 842. The number of rotatable bonds is 10. The number of hydrogen-bond donors (Lipinski definition) is 0. The molecule has 28 heavy (non-hydrogen) atoms. The second-order valence-corrected chi connectivity index (χ2v) is 7.78. The van der Waals surface area contributed by atoms with Crippen molar-refractivity contribution in [3.63, 3.8) is 0 Å². The zero-order chi connectivity index (χ0) is 20.3. The van der Waals surface area contributed by atoms with E-state index in [9.17, 15) is 13.2 Å². The van der Waals surface area contributed by atoms with Crippen LogP contribution >= 0.6 is 11.8 Å². The minimum Gasteiger partial charge on any atom is -0.478 e. The Hall–Kier alpha value is -2.16. The third-order valence-corrected chi connectivity index (χ3v) is 5.74. The molecule has 2 aromatic heterocycles. The zero-order valence-electron chi connectivity index (χ0n) is 15.9. The third-order valence-electron chi connectivity index (χ3n) is 4.61. The normalized spacial score (nSPS) is 17.4. The van der Waals surface area contributed by atoms with Crippen molar-refractivity contribution in [2.24, 2.45) is 5.92 Å². The van der Waals surface area contributed by atoms with E-state index in [4.69, 9.17) is 4.74 Å². The molecule has 0 spiro atoms. The maximum Gasteiger partial charge on any atom is 0.257 e. The van der Waals surface area contributed by atoms with Gasteiger partial charge in [0, 0.05) is 36.4 Å². The molecule has 0 N–H and O–H groups in total. The van der Waals surface area contributed by atoms with Gasteiger partial charge in [-0.15, -0.1) is 5.10 Å². The molecule has 1 atom stereocenters. The number of aromatic nitrogens is 3. The standard InChI is InChI=1S/C19H23F3N4OS/c1-4-25(13(2)5-6-28-12-14-8-19(14,21)22)17-11-26(24-18(17)27-3)16-7-15(20)9-23-10-16/h7,9-11,14H,2,4-6,8,12H2,1,3H3. The molecule has 9 heteroatoms. The van der Waals surface area contributed by atoms with Crippen LogP contribution in [0.3, 0.4) is 0 Å². The molecule has 0 bridgehead atoms. The summed E-state index contributed by atoms with van der Waals surface area (Å²) in [5.41, 5.74) is 2.03. The van der Waals surface area contributed by atoms with Crippen molar-refractivity contribution in [1.82, 2.24) is 14.8 Å². The van der Waals surface area contributed by atoms with Crippen LogP contribution in [0.15, 0.2) is 36.9 Å². The molecule has 0 saturated heterocycles. The van der Waals surface area contributed by atoms with E-state index in [0.717, 1.165) is 11.9 Å². The van der Waals surface area contributed by atoms with Gasteiger partial charge in [0.2, 0.25) is 0 Å². The number of thioether (sulfide) groups is 1. The quantitative estimate of drug-likeness (QED) is 0.537. The van der Waals surface area contributed by atoms with Crippen LogP contribution < -0.4 is 9.64 Å². The van der Waals surface area contributed by atoms with E-state index >= 15 is 0 Å². The van der Waals surface area contributed by atoms with Crippen molar-refractivity contribution in [2.45, 2.75) is 25.7 Å². The first kappa shape index (κ1) is 20.6. The number of allylic oxidation sites excluding steroid dienone is 1. The van der Waals surface area contributed by atoms with Crippen LogP contribution in [0, 0.1) is 11.7 Å². The second kappa shape index (κ2) is 8.46. The number of alkyl halides is 2. The largest absolute Gasteiger partial charge is 0.478 e. The van der Waals surface area contributed by atoms with E-state index < -0.39 is 17.7 Å². The van der Waals surface area contributed by atoms with Crippen LogP contribution in [0.4, 0.5) is 18.9 Å². The van der Waals surface area contributed by atoms with Gasteiger partial charge in [0.1, 0.15) is 11.5 Å². The Labute approximate surface area is 166 Å². The lowest BCUT2D eigenvalue weighted by Crippen LogP contribution is -2.22. The van der Waals surface area contributed by atoms with Gasteiger partial charge in [-0.05, 0) is 19.1 Å². The van der Waals surface area contributed by atoms with Gasteiger partial charge in [-0.3, -0.25) is 4.98 Å². The number of anilines is 1. The molecule has 3 rings (SSSR count). The minimum absolute atomic E-state index is 0.00729. The predicted molar refractivity (Wildman–Crippen MR) is 105 cm³/mol. The molecule has 1 unspecified atom stereocenters. The number of pyridine rings is 1. The molecule has 5 nitrogen and oxygen atoms in total. The van der Waals surface area contributed by atoms with E-state index in [2.05, 4.69) is 16.7 Å². The number of ether oxygens (including phenoxy) is 1. The molecule has 0 amide bonds. The van der Waals surface area contributed by atoms with Crippen LogP contribution in [-0.2, 0) is 0 Å². The Kier molecular flexibility index (Phi) is 6.22. The fourth-order valence-electron chi connectivity index (χ4n) is 2.90. The number of nitrogens with zero attached hydrogens (tertiary/aromatic N) is 4. The highest BCUT2D eigenvalue weighted by molar-refractivity contribution is 7.99. The monoisotopic (exact) mass is 412 g/mol. The molecular weight excluding hydrogens is 389 g/mol. The van der Waals surface area contributed by atoms with Crippen molar-refractivity contribution >= 4 is 17.4 Å². The summed E-state index contributed by atoms with van der Waals surface area (Å²) in [7, 11) is 1.52. The molecule has 0 radical (unpaired) electrons. The van der Waals surface area contributed by atoms with Gasteiger partial charge in [0.05, 0.1) is 31.4 Å². The van der Waals surface area contributed by atoms with Gasteiger partial charge in [-0.2, -0.15) is 11.8 Å². The average molecular weight is 412 g/mol. The van der Waals surface area contributed by atoms with E-state index in [1.54, 1.807) is 6.20 Å². The van der Waals surface area contributed by atoms with E-state index in [1.807, 2.05) is 11.8 Å². The first-order valence-electron chi connectivity index (χ1n) is 9.01. The van der Waals surface area contributed by atoms with Crippen molar-refractivity contribution < 1.29 is 17.9 Å². The summed E-state index contributed by atoms with van der Waals surface area (Å²) in [6.07, 6.45) is 5.04. The first-order valence-corrected chi connectivity index (χ1v) is 10.2. The van der Waals surface area contributed by atoms with E-state index in [0.29, 0.717) is 41.7 Å². The molecule has 1 saturated carbocycles. The summed E-state index contributed by atoms with van der Waals surface area (Å²) in [5.74, 6) is -1.83. The summed E-state index contributed by atoms with van der Waals surface area (Å²) in [5, 5.41) is 4.35. The summed E-state index contributed by atoms with van der Waals surface area (Å²) in [6, 6.07) is 1.33. The maximum absolute atomic E-state index is 13.5. The molecule has 2 aromatic rings. The van der Waals surface area contributed by atoms with Crippen molar-refractivity contribution in [1.29, 1.82) is 0 Å². The van der Waals surface area contributed by atoms with Crippen molar-refractivity contribution in [3.05, 3.63) is 42.8 Å². The topological polar surface area (TPSA) is 43.2 Å². The molecule has 0 aromatic carbocycles. The Balaban J connectivity index is 1.66. The molecule has 152 valence electrons. The van der Waals surface area contributed by atoms with Crippen LogP contribution in [0.25, 0.3) is 5.69 Å². The summed E-state index contributed by atoms with van der Waals surface area (Å²) < 4.78 is 46.2. The van der Waals surface area contributed by atoms with Crippen LogP contribution in [0.2, 0.25) is 0 Å². The lowest BCUT2D eigenvalue weighted by atomic mass is 10.3. The smallest absolute Gasteiger partial charge is 0.257 e. The zero-order valence-corrected chi connectivity index (χ0v) is 16.7. The molecule has 0 aliphatic heterocycles. The second-order valence-electron chi connectivity index (χ2n) is 6.63. The van der Waals surface area contributed by atoms with Gasteiger partial charge in [0.15, 0.2) is 0 Å². The molecule has 1 aliphatic carbocycles. The van der Waals surface area contributed by atoms with Gasteiger partial charge >= 0.3 is 0 Å². The molecular formula is C19H23F3N4OS. The van der Waals surface area contributed by atoms with E-state index in [1.165, 1.54) is 35.8 Å². The summed E-state index contributed by atoms with van der Waals surface area (Å²) in [4.78, 5) is 5.80. The Morgan fingerprint density at radius 2 is 2.21 bits per heavy atom. The molecule has 1 aliphatic rings. The summed E-state index contributed by atoms with van der Waals surface area (Å²) in [6.45, 7) is 6.74. The Morgan fingerprint density at radius 3 is 2.82 bits per heavy atom. The lowest BCUT2D eigenvalue weighted by Gasteiger charge is -2.24. The highest BCUT2D eigenvalue weighted by Gasteiger charge is 2.56. The number of halogens is 3. The number of hydrogen-bond acceptors (Lipinski definition) is 5. The SMILES string of the molecule is C=C(CCSCC1CC1(F)F)N(CC)c1cn(-c2cncc(F)c2)nc1OC. The number of methoxy groups -OCH3 is 1. The van der Waals surface area contributed by atoms with Crippen molar-refractivity contribution in [2.75, 3.05) is 30.1 Å². The fourth-order valence-corrected chi connectivity index (χ4v) is 4.10. The molecule has 1 fully saturated rings. The Morgan fingerprint density at radius 1 is 1.46 bits per heavy atom. The van der Waals surface area contributed by atoms with Crippen LogP contribution in [0.5, 0.6) is 5.88 Å². The van der Waals surface area contributed by atoms with Gasteiger partial charge in [-0.25, -0.2) is 17.9 Å². The first-order chi connectivity index (χ1) is 13.4. The van der Waals surface area contributed by atoms with Crippen LogP contribution in [-0.4, -0.2) is 45.8 Å². The highest BCUT2D eigenvalue weighted by atomic mass is 32.2. The third kappa shape index (κ3) is 4.63. The fraction of sp³-hybridized carbons (Fsp3) is 0.474. The van der Waals surface area contributed by atoms with E-state index in [-0.39, 0.29) is 6.42 Å². The van der Waals surface area contributed by atoms with Gasteiger partial charge in [0.25, 0.3) is 11.8 Å². The minimum atomic E-state index is -2.47. The van der Waals surface area contributed by atoms with Gasteiger partial charge < -0.3 is 9.64 Å². The molecule has 2 heterocycles. The van der Waals surface area contributed by atoms with Crippen LogP contribution in [0.1, 0.15) is 19.8 Å². The van der Waals surface area contributed by atoms with Crippen molar-refractivity contribution in [3.8, 4) is 11.6 Å². The van der Waals surface area contributed by atoms with Gasteiger partial charge in [-0.1, -0.05) is 6.58 Å². The predicted octanol–water partition coefficient (Wildman–Crippen LogP) is 4.53. The summed E-state index contributed by atoms with van der Waals surface area (Å²) >= 11 is 1.52. The maximum atomic E-state index is 13.5. The average Bonchev–Trinajstić information content (AvgIpc) is 3.07.